The Hall–Kier alpha value is -2.37. The molecule has 2 fully saturated rings. The summed E-state index contributed by atoms with van der Waals surface area (Å²) >= 11 is 6.42. The number of rotatable bonds is 3. The Morgan fingerprint density at radius 1 is 1.26 bits per heavy atom. The van der Waals surface area contributed by atoms with Crippen LogP contribution in [0.4, 0.5) is 0 Å². The summed E-state index contributed by atoms with van der Waals surface area (Å²) in [7, 11) is 0. The minimum Gasteiger partial charge on any atom is -0.346 e. The van der Waals surface area contributed by atoms with E-state index in [1.165, 1.54) is 0 Å². The molecule has 0 spiro atoms. The lowest BCUT2D eigenvalue weighted by molar-refractivity contribution is -0.145. The van der Waals surface area contributed by atoms with Gasteiger partial charge < -0.3 is 15.5 Å². The van der Waals surface area contributed by atoms with Gasteiger partial charge in [-0.15, -0.1) is 0 Å². The van der Waals surface area contributed by atoms with Crippen molar-refractivity contribution >= 4 is 23.4 Å². The molecule has 3 aliphatic rings. The van der Waals surface area contributed by atoms with Gasteiger partial charge in [0.05, 0.1) is 18.0 Å². The summed E-state index contributed by atoms with van der Waals surface area (Å²) in [6.07, 6.45) is 3.58. The summed E-state index contributed by atoms with van der Waals surface area (Å²) in [5.41, 5.74) is 3.72. The predicted octanol–water partition coefficient (Wildman–Crippen LogP) is 4.03. The Bertz CT molecular complexity index is 1010. The van der Waals surface area contributed by atoms with Gasteiger partial charge in [-0.3, -0.25) is 9.59 Å². The van der Waals surface area contributed by atoms with Crippen LogP contribution in [0.2, 0.25) is 5.02 Å². The lowest BCUT2D eigenvalue weighted by atomic mass is 9.76. The molecule has 4 atom stereocenters. The van der Waals surface area contributed by atoms with Crippen molar-refractivity contribution in [1.82, 2.24) is 15.5 Å². The number of carbonyl (C=O) groups is 2. The standard InChI is InChI=1S/C25H28ClN3O2/c1-15(16-6-3-2-4-7-16)28-24(30)20-13-18(26)12-17-9-11-29-22(23(17)20)14-21-19(25(29)31)8-5-10-27-21/h2-4,6-7,12-13,15,19,21-22,27H,5,8-11,14H2,1H3,(H,28,30)/t15-,19+,21+,22+/m1/s1. The molecule has 0 aromatic heterocycles. The molecule has 5 nitrogen and oxygen atoms in total. The quantitative estimate of drug-likeness (QED) is 0.762. The molecular formula is C25H28ClN3O2. The van der Waals surface area contributed by atoms with Crippen molar-refractivity contribution in [3.8, 4) is 0 Å². The van der Waals surface area contributed by atoms with Crippen LogP contribution in [0.25, 0.3) is 0 Å². The van der Waals surface area contributed by atoms with E-state index < -0.39 is 0 Å². The number of nitrogens with one attached hydrogen (secondary N) is 2. The average Bonchev–Trinajstić information content (AvgIpc) is 2.79. The number of halogens is 1. The molecule has 0 saturated carbocycles. The van der Waals surface area contributed by atoms with Crippen molar-refractivity contribution in [2.45, 2.75) is 50.7 Å². The van der Waals surface area contributed by atoms with Crippen LogP contribution in [0.5, 0.6) is 0 Å². The molecule has 0 bridgehead atoms. The summed E-state index contributed by atoms with van der Waals surface area (Å²) < 4.78 is 0. The second kappa shape index (κ2) is 8.29. The Labute approximate surface area is 188 Å². The van der Waals surface area contributed by atoms with E-state index in [9.17, 15) is 9.59 Å². The number of hydrogen-bond acceptors (Lipinski definition) is 3. The van der Waals surface area contributed by atoms with Crippen LogP contribution in [-0.4, -0.2) is 35.8 Å². The second-order valence-electron chi connectivity index (χ2n) is 8.97. The molecule has 2 aromatic rings. The molecule has 162 valence electrons. The van der Waals surface area contributed by atoms with Gasteiger partial charge in [0, 0.05) is 23.2 Å². The largest absolute Gasteiger partial charge is 0.346 e. The van der Waals surface area contributed by atoms with E-state index in [0.29, 0.717) is 17.1 Å². The second-order valence-corrected chi connectivity index (χ2v) is 9.41. The first-order valence-corrected chi connectivity index (χ1v) is 11.6. The monoisotopic (exact) mass is 437 g/mol. The van der Waals surface area contributed by atoms with E-state index in [2.05, 4.69) is 10.6 Å². The first-order chi connectivity index (χ1) is 15.0. The highest BCUT2D eigenvalue weighted by Gasteiger charge is 2.46. The number of amides is 2. The van der Waals surface area contributed by atoms with E-state index in [4.69, 9.17) is 11.6 Å². The fraction of sp³-hybridized carbons (Fsp3) is 0.440. The Balaban J connectivity index is 1.49. The van der Waals surface area contributed by atoms with Crippen molar-refractivity contribution in [1.29, 1.82) is 0 Å². The van der Waals surface area contributed by atoms with Gasteiger partial charge >= 0.3 is 0 Å². The fourth-order valence-electron chi connectivity index (χ4n) is 5.57. The summed E-state index contributed by atoms with van der Waals surface area (Å²) in [4.78, 5) is 28.7. The van der Waals surface area contributed by atoms with E-state index >= 15 is 0 Å². The van der Waals surface area contributed by atoms with Gasteiger partial charge in [-0.2, -0.15) is 0 Å². The molecule has 2 saturated heterocycles. The summed E-state index contributed by atoms with van der Waals surface area (Å²) in [6.45, 7) is 3.63. The summed E-state index contributed by atoms with van der Waals surface area (Å²) in [6, 6.07) is 13.6. The van der Waals surface area contributed by atoms with Gasteiger partial charge in [0.25, 0.3) is 5.91 Å². The van der Waals surface area contributed by atoms with E-state index in [0.717, 1.165) is 48.9 Å². The molecule has 3 aliphatic heterocycles. The highest BCUT2D eigenvalue weighted by atomic mass is 35.5. The highest BCUT2D eigenvalue weighted by molar-refractivity contribution is 6.31. The molecule has 2 aromatic carbocycles. The van der Waals surface area contributed by atoms with Gasteiger partial charge in [0.1, 0.15) is 0 Å². The van der Waals surface area contributed by atoms with Crippen molar-refractivity contribution in [2.75, 3.05) is 13.1 Å². The molecule has 0 radical (unpaired) electrons. The SMILES string of the molecule is C[C@@H](NC(=O)c1cc(Cl)cc2c1[C@@H]1C[C@@H]3NCCC[C@@H]3C(=O)N1CC2)c1ccccc1. The highest BCUT2D eigenvalue weighted by Crippen LogP contribution is 2.43. The number of hydrogen-bond donors (Lipinski definition) is 2. The molecule has 2 N–H and O–H groups in total. The first kappa shape index (κ1) is 20.5. The zero-order chi connectivity index (χ0) is 21.5. The van der Waals surface area contributed by atoms with Crippen molar-refractivity contribution in [2.24, 2.45) is 5.92 Å². The van der Waals surface area contributed by atoms with E-state index in [1.807, 2.05) is 48.2 Å². The molecular weight excluding hydrogens is 410 g/mol. The maximum absolute atomic E-state index is 13.4. The lowest BCUT2D eigenvalue weighted by Crippen LogP contribution is -2.58. The zero-order valence-corrected chi connectivity index (χ0v) is 18.5. The Morgan fingerprint density at radius 3 is 2.87 bits per heavy atom. The van der Waals surface area contributed by atoms with Crippen LogP contribution in [0.15, 0.2) is 42.5 Å². The molecule has 0 unspecified atom stereocenters. The van der Waals surface area contributed by atoms with Crippen LogP contribution >= 0.6 is 11.6 Å². The van der Waals surface area contributed by atoms with Gasteiger partial charge in [0.15, 0.2) is 0 Å². The van der Waals surface area contributed by atoms with E-state index in [-0.39, 0.29) is 35.9 Å². The minimum atomic E-state index is -0.136. The minimum absolute atomic E-state index is 0.0641. The first-order valence-electron chi connectivity index (χ1n) is 11.2. The van der Waals surface area contributed by atoms with Crippen molar-refractivity contribution < 1.29 is 9.59 Å². The maximum atomic E-state index is 13.4. The van der Waals surface area contributed by atoms with Crippen LogP contribution in [0, 0.1) is 5.92 Å². The number of benzene rings is 2. The van der Waals surface area contributed by atoms with Crippen molar-refractivity contribution in [3.05, 3.63) is 69.7 Å². The van der Waals surface area contributed by atoms with Gasteiger partial charge in [-0.25, -0.2) is 0 Å². The van der Waals surface area contributed by atoms with Crippen LogP contribution in [0.3, 0.4) is 0 Å². The molecule has 0 aliphatic carbocycles. The van der Waals surface area contributed by atoms with Crippen LogP contribution in [-0.2, 0) is 11.2 Å². The van der Waals surface area contributed by atoms with Gasteiger partial charge in [-0.1, -0.05) is 41.9 Å². The van der Waals surface area contributed by atoms with Crippen molar-refractivity contribution in [3.63, 3.8) is 0 Å². The van der Waals surface area contributed by atoms with E-state index in [1.54, 1.807) is 6.07 Å². The van der Waals surface area contributed by atoms with Crippen LogP contribution < -0.4 is 10.6 Å². The summed E-state index contributed by atoms with van der Waals surface area (Å²) in [5.74, 6) is 0.162. The number of piperidine rings is 2. The average molecular weight is 438 g/mol. The third-order valence-electron chi connectivity index (χ3n) is 7.12. The predicted molar refractivity (Wildman–Crippen MR) is 121 cm³/mol. The molecule has 5 rings (SSSR count). The fourth-order valence-corrected chi connectivity index (χ4v) is 5.81. The third-order valence-corrected chi connectivity index (χ3v) is 7.33. The topological polar surface area (TPSA) is 61.4 Å². The Kier molecular flexibility index (Phi) is 5.49. The van der Waals surface area contributed by atoms with Crippen LogP contribution in [0.1, 0.15) is 65.3 Å². The smallest absolute Gasteiger partial charge is 0.252 e. The summed E-state index contributed by atoms with van der Waals surface area (Å²) in [5, 5.41) is 7.26. The number of nitrogens with zero attached hydrogens (tertiary/aromatic N) is 1. The lowest BCUT2D eigenvalue weighted by Gasteiger charge is -2.48. The number of fused-ring (bicyclic) bond motifs is 4. The normalized spacial score (nSPS) is 25.8. The third kappa shape index (κ3) is 3.74. The Morgan fingerprint density at radius 2 is 2.06 bits per heavy atom. The molecule has 6 heteroatoms. The number of carbonyl (C=O) groups excluding carboxylic acids is 2. The van der Waals surface area contributed by atoms with Gasteiger partial charge in [-0.05, 0) is 68.0 Å². The van der Waals surface area contributed by atoms with Gasteiger partial charge in [0.2, 0.25) is 5.91 Å². The molecule has 31 heavy (non-hydrogen) atoms. The molecule has 2 amide bonds. The molecule has 3 heterocycles. The zero-order valence-electron chi connectivity index (χ0n) is 17.7. The maximum Gasteiger partial charge on any atom is 0.252 e.